The summed E-state index contributed by atoms with van der Waals surface area (Å²) in [5.41, 5.74) is 1.54. The number of ether oxygens (including phenoxy) is 1. The lowest BCUT2D eigenvalue weighted by molar-refractivity contribution is -0.120. The Morgan fingerprint density at radius 3 is 2.57 bits per heavy atom. The number of amides is 1. The van der Waals surface area contributed by atoms with Crippen LogP contribution in [-0.2, 0) is 4.79 Å². The molecule has 3 rings (SSSR count). The van der Waals surface area contributed by atoms with Crippen LogP contribution in [0.2, 0.25) is 0 Å². The van der Waals surface area contributed by atoms with Crippen molar-refractivity contribution >= 4 is 29.0 Å². The second-order valence-electron chi connectivity index (χ2n) is 6.93. The van der Waals surface area contributed by atoms with E-state index >= 15 is 0 Å². The van der Waals surface area contributed by atoms with Crippen LogP contribution in [0.25, 0.3) is 0 Å². The number of hydrogen-bond acceptors (Lipinski definition) is 6. The molecule has 28 heavy (non-hydrogen) atoms. The van der Waals surface area contributed by atoms with E-state index < -0.39 is 0 Å². The van der Waals surface area contributed by atoms with Crippen LogP contribution in [0.1, 0.15) is 40.0 Å². The molecule has 0 aliphatic carbocycles. The molecule has 7 nitrogen and oxygen atoms in total. The highest BCUT2D eigenvalue weighted by Gasteiger charge is 2.39. The number of aromatic nitrogens is 2. The van der Waals surface area contributed by atoms with E-state index in [1.165, 1.54) is 0 Å². The third-order valence-corrected chi connectivity index (χ3v) is 5.38. The average molecular weight is 383 g/mol. The Morgan fingerprint density at radius 1 is 1.21 bits per heavy atom. The lowest BCUT2D eigenvalue weighted by Crippen LogP contribution is -2.56. The minimum atomic E-state index is -0.212. The molecule has 0 saturated heterocycles. The van der Waals surface area contributed by atoms with Gasteiger partial charge in [0.05, 0.1) is 19.0 Å². The monoisotopic (exact) mass is 383 g/mol. The largest absolute Gasteiger partial charge is 0.495 e. The van der Waals surface area contributed by atoms with Crippen LogP contribution in [0.5, 0.6) is 5.75 Å². The molecular formula is C21H29N5O2. The summed E-state index contributed by atoms with van der Waals surface area (Å²) in [6.45, 7) is 6.35. The van der Waals surface area contributed by atoms with E-state index in [4.69, 9.17) is 9.72 Å². The summed E-state index contributed by atoms with van der Waals surface area (Å²) < 4.78 is 5.41. The van der Waals surface area contributed by atoms with E-state index in [9.17, 15) is 4.79 Å². The summed E-state index contributed by atoms with van der Waals surface area (Å²) >= 11 is 0. The number of likely N-dealkylation sites (N-methyl/N-ethyl adjacent to an activating group) is 1. The molecular weight excluding hydrogens is 354 g/mol. The van der Waals surface area contributed by atoms with Crippen molar-refractivity contribution in [2.75, 3.05) is 29.3 Å². The Morgan fingerprint density at radius 2 is 1.93 bits per heavy atom. The lowest BCUT2D eigenvalue weighted by Gasteiger charge is -2.44. The summed E-state index contributed by atoms with van der Waals surface area (Å²) in [4.78, 5) is 26.0. The lowest BCUT2D eigenvalue weighted by atomic mass is 10.0. The van der Waals surface area contributed by atoms with E-state index in [1.807, 2.05) is 31.2 Å². The zero-order valence-electron chi connectivity index (χ0n) is 17.3. The molecule has 1 unspecified atom stereocenters. The van der Waals surface area contributed by atoms with Gasteiger partial charge < -0.3 is 19.9 Å². The number of rotatable bonds is 7. The van der Waals surface area contributed by atoms with Crippen molar-refractivity contribution in [1.82, 2.24) is 9.97 Å². The standard InChI is InChI=1S/C21H29N5O2/c1-6-14(7-2)26-16(8-3)20(27)25(4)17-13-22-21(24-19(17)26)23-15-11-9-10-12-18(15)28-5/h9-14,16H,6-8H2,1-5H3,(H,22,23,24). The van der Waals surface area contributed by atoms with Crippen molar-refractivity contribution in [3.63, 3.8) is 0 Å². The molecule has 0 saturated carbocycles. The van der Waals surface area contributed by atoms with Crippen molar-refractivity contribution in [1.29, 1.82) is 0 Å². The first-order valence-corrected chi connectivity index (χ1v) is 9.88. The number of anilines is 4. The molecule has 0 bridgehead atoms. The number of nitrogens with one attached hydrogen (secondary N) is 1. The topological polar surface area (TPSA) is 70.6 Å². The SMILES string of the molecule is CCC(CC)N1c2nc(Nc3ccccc3OC)ncc2N(C)C(=O)C1CC. The quantitative estimate of drug-likeness (QED) is 0.780. The Hall–Kier alpha value is -2.83. The van der Waals surface area contributed by atoms with Crippen LogP contribution in [0.3, 0.4) is 0 Å². The van der Waals surface area contributed by atoms with Crippen LogP contribution < -0.4 is 19.9 Å². The van der Waals surface area contributed by atoms with E-state index in [-0.39, 0.29) is 18.0 Å². The second-order valence-corrected chi connectivity index (χ2v) is 6.93. The first-order valence-electron chi connectivity index (χ1n) is 9.88. The molecule has 1 amide bonds. The zero-order valence-corrected chi connectivity index (χ0v) is 17.3. The number of para-hydroxylation sites is 2. The fourth-order valence-corrected chi connectivity index (χ4v) is 3.81. The fourth-order valence-electron chi connectivity index (χ4n) is 3.81. The van der Waals surface area contributed by atoms with Gasteiger partial charge >= 0.3 is 0 Å². The van der Waals surface area contributed by atoms with Gasteiger partial charge in [0.25, 0.3) is 0 Å². The molecule has 0 spiro atoms. The molecule has 1 aromatic carbocycles. The number of carbonyl (C=O) groups is 1. The second kappa shape index (κ2) is 8.46. The third-order valence-electron chi connectivity index (χ3n) is 5.38. The minimum Gasteiger partial charge on any atom is -0.495 e. The maximum absolute atomic E-state index is 12.9. The van der Waals surface area contributed by atoms with Crippen LogP contribution >= 0.6 is 0 Å². The smallest absolute Gasteiger partial charge is 0.249 e. The normalized spacial score (nSPS) is 16.4. The molecule has 1 atom stereocenters. The highest BCUT2D eigenvalue weighted by atomic mass is 16.5. The van der Waals surface area contributed by atoms with Crippen molar-refractivity contribution in [2.24, 2.45) is 0 Å². The van der Waals surface area contributed by atoms with E-state index in [2.05, 4.69) is 29.0 Å². The van der Waals surface area contributed by atoms with Crippen molar-refractivity contribution in [2.45, 2.75) is 52.1 Å². The summed E-state index contributed by atoms with van der Waals surface area (Å²) in [6.07, 6.45) is 4.35. The van der Waals surface area contributed by atoms with Crippen molar-refractivity contribution in [3.05, 3.63) is 30.5 Å². The Bertz CT molecular complexity index is 837. The Kier molecular flexibility index (Phi) is 6.02. The third kappa shape index (κ3) is 3.48. The van der Waals surface area contributed by atoms with E-state index in [0.717, 1.165) is 42.2 Å². The number of nitrogens with zero attached hydrogens (tertiary/aromatic N) is 4. The van der Waals surface area contributed by atoms with Gasteiger partial charge in [-0.25, -0.2) is 4.98 Å². The molecule has 7 heteroatoms. The van der Waals surface area contributed by atoms with Crippen LogP contribution in [0, 0.1) is 0 Å². The molecule has 2 aromatic rings. The van der Waals surface area contributed by atoms with Gasteiger partial charge in [-0.15, -0.1) is 0 Å². The molecule has 0 radical (unpaired) electrons. The summed E-state index contributed by atoms with van der Waals surface area (Å²) in [5, 5.41) is 3.25. The predicted molar refractivity (Wildman–Crippen MR) is 113 cm³/mol. The molecule has 1 aromatic heterocycles. The van der Waals surface area contributed by atoms with E-state index in [1.54, 1.807) is 25.3 Å². The maximum Gasteiger partial charge on any atom is 0.249 e. The number of carbonyl (C=O) groups excluding carboxylic acids is 1. The number of fused-ring (bicyclic) bond motifs is 1. The van der Waals surface area contributed by atoms with Gasteiger partial charge in [-0.3, -0.25) is 4.79 Å². The first kappa shape index (κ1) is 19.9. The molecule has 0 fully saturated rings. The van der Waals surface area contributed by atoms with Gasteiger partial charge in [0.15, 0.2) is 5.82 Å². The molecule has 1 aliphatic rings. The van der Waals surface area contributed by atoms with Gasteiger partial charge in [0.2, 0.25) is 11.9 Å². The van der Waals surface area contributed by atoms with Gasteiger partial charge in [0.1, 0.15) is 17.5 Å². The minimum absolute atomic E-state index is 0.0935. The number of hydrogen-bond donors (Lipinski definition) is 1. The van der Waals surface area contributed by atoms with Crippen LogP contribution in [-0.4, -0.2) is 42.1 Å². The zero-order chi connectivity index (χ0) is 20.3. The van der Waals surface area contributed by atoms with Crippen LogP contribution in [0.15, 0.2) is 30.5 Å². The summed E-state index contributed by atoms with van der Waals surface area (Å²) in [6, 6.07) is 7.69. The van der Waals surface area contributed by atoms with E-state index in [0.29, 0.717) is 5.95 Å². The highest BCUT2D eigenvalue weighted by molar-refractivity contribution is 6.04. The number of methoxy groups -OCH3 is 1. The molecule has 150 valence electrons. The fraction of sp³-hybridized carbons (Fsp3) is 0.476. The first-order chi connectivity index (χ1) is 13.5. The number of benzene rings is 1. The van der Waals surface area contributed by atoms with Gasteiger partial charge in [0, 0.05) is 13.1 Å². The van der Waals surface area contributed by atoms with Gasteiger partial charge in [-0.2, -0.15) is 4.98 Å². The maximum atomic E-state index is 12.9. The molecule has 1 N–H and O–H groups in total. The van der Waals surface area contributed by atoms with Crippen molar-refractivity contribution < 1.29 is 9.53 Å². The van der Waals surface area contributed by atoms with Crippen molar-refractivity contribution in [3.8, 4) is 5.75 Å². The van der Waals surface area contributed by atoms with Gasteiger partial charge in [-0.1, -0.05) is 32.9 Å². The molecule has 1 aliphatic heterocycles. The highest BCUT2D eigenvalue weighted by Crippen LogP contribution is 2.38. The average Bonchev–Trinajstić information content (AvgIpc) is 2.73. The van der Waals surface area contributed by atoms with Crippen LogP contribution in [0.4, 0.5) is 23.1 Å². The summed E-state index contributed by atoms with van der Waals surface area (Å²) in [5.74, 6) is 2.10. The Balaban J connectivity index is 2.06. The summed E-state index contributed by atoms with van der Waals surface area (Å²) in [7, 11) is 3.43. The Labute approximate surface area is 166 Å². The van der Waals surface area contributed by atoms with Gasteiger partial charge in [-0.05, 0) is 31.4 Å². The predicted octanol–water partition coefficient (Wildman–Crippen LogP) is 3.98. The molecule has 2 heterocycles.